The van der Waals surface area contributed by atoms with E-state index in [2.05, 4.69) is 21.7 Å². The molecule has 1 amide bonds. The number of pyridine rings is 2. The van der Waals surface area contributed by atoms with Crippen LogP contribution in [0.25, 0.3) is 22.2 Å². The fourth-order valence-corrected chi connectivity index (χ4v) is 3.81. The van der Waals surface area contributed by atoms with Gasteiger partial charge >= 0.3 is 0 Å². The summed E-state index contributed by atoms with van der Waals surface area (Å²) >= 11 is 0. The summed E-state index contributed by atoms with van der Waals surface area (Å²) in [4.78, 5) is 23.5. The van der Waals surface area contributed by atoms with Crippen LogP contribution in [0, 0.1) is 0 Å². The summed E-state index contributed by atoms with van der Waals surface area (Å²) in [5.74, 6) is 0.0650. The monoisotopic (exact) mass is 389 g/mol. The molecule has 1 atom stereocenters. The van der Waals surface area contributed by atoms with E-state index in [0.717, 1.165) is 47.4 Å². The molecular formula is C23H27N5O. The first kappa shape index (κ1) is 19.3. The standard InChI is InChI=1S/C23H27N5O/c1-3-28(4-2)23(29)17-7-5-16(6-8-17)21-13-22(26-18-9-11-24-14-18)19-15-25-12-10-20(19)27-21/h5-8,10,12-13,15,18,24H,3-4,9,11,14H2,1-2H3,(H,26,27). The predicted molar refractivity (Wildman–Crippen MR) is 117 cm³/mol. The lowest BCUT2D eigenvalue weighted by molar-refractivity contribution is 0.0773. The fraction of sp³-hybridized carbons (Fsp3) is 0.348. The number of hydrogen-bond donors (Lipinski definition) is 2. The zero-order valence-electron chi connectivity index (χ0n) is 17.0. The van der Waals surface area contributed by atoms with E-state index >= 15 is 0 Å². The minimum Gasteiger partial charge on any atom is -0.380 e. The summed E-state index contributed by atoms with van der Waals surface area (Å²) in [5, 5.41) is 8.07. The number of aromatic nitrogens is 2. The highest BCUT2D eigenvalue weighted by molar-refractivity contribution is 5.95. The molecule has 2 N–H and O–H groups in total. The summed E-state index contributed by atoms with van der Waals surface area (Å²) < 4.78 is 0. The Morgan fingerprint density at radius 2 is 2.00 bits per heavy atom. The van der Waals surface area contributed by atoms with E-state index < -0.39 is 0 Å². The fourth-order valence-electron chi connectivity index (χ4n) is 3.81. The number of amides is 1. The van der Waals surface area contributed by atoms with Crippen molar-refractivity contribution in [3.8, 4) is 11.3 Å². The van der Waals surface area contributed by atoms with Crippen LogP contribution in [0.3, 0.4) is 0 Å². The molecule has 4 rings (SSSR count). The van der Waals surface area contributed by atoms with Crippen molar-refractivity contribution in [3.63, 3.8) is 0 Å². The lowest BCUT2D eigenvalue weighted by Gasteiger charge is -2.19. The Morgan fingerprint density at radius 3 is 2.69 bits per heavy atom. The van der Waals surface area contributed by atoms with Crippen LogP contribution in [-0.2, 0) is 0 Å². The molecule has 29 heavy (non-hydrogen) atoms. The van der Waals surface area contributed by atoms with Gasteiger partial charge in [-0.05, 0) is 51.1 Å². The molecule has 1 aromatic carbocycles. The summed E-state index contributed by atoms with van der Waals surface area (Å²) in [5.41, 5.74) is 4.55. The third kappa shape index (κ3) is 4.07. The highest BCUT2D eigenvalue weighted by atomic mass is 16.2. The van der Waals surface area contributed by atoms with Crippen molar-refractivity contribution in [3.05, 3.63) is 54.4 Å². The number of rotatable bonds is 6. The quantitative estimate of drug-likeness (QED) is 0.675. The van der Waals surface area contributed by atoms with Gasteiger partial charge in [0.05, 0.1) is 11.2 Å². The third-order valence-corrected chi connectivity index (χ3v) is 5.51. The number of fused-ring (bicyclic) bond motifs is 1. The molecule has 2 aromatic heterocycles. The average molecular weight is 390 g/mol. The molecule has 0 saturated carbocycles. The second-order valence-corrected chi connectivity index (χ2v) is 7.34. The van der Waals surface area contributed by atoms with Gasteiger partial charge in [-0.15, -0.1) is 0 Å². The maximum absolute atomic E-state index is 12.6. The van der Waals surface area contributed by atoms with Crippen LogP contribution in [-0.4, -0.2) is 53.0 Å². The molecule has 6 nitrogen and oxygen atoms in total. The molecule has 1 unspecified atom stereocenters. The maximum Gasteiger partial charge on any atom is 0.253 e. The van der Waals surface area contributed by atoms with Crippen molar-refractivity contribution < 1.29 is 4.79 Å². The number of nitrogens with one attached hydrogen (secondary N) is 2. The topological polar surface area (TPSA) is 70.2 Å². The molecular weight excluding hydrogens is 362 g/mol. The molecule has 150 valence electrons. The Morgan fingerprint density at radius 1 is 1.21 bits per heavy atom. The average Bonchev–Trinajstić information content (AvgIpc) is 3.27. The smallest absolute Gasteiger partial charge is 0.253 e. The molecule has 3 heterocycles. The van der Waals surface area contributed by atoms with Gasteiger partial charge < -0.3 is 15.5 Å². The summed E-state index contributed by atoms with van der Waals surface area (Å²) in [6.07, 6.45) is 4.73. The molecule has 1 saturated heterocycles. The second-order valence-electron chi connectivity index (χ2n) is 7.34. The van der Waals surface area contributed by atoms with E-state index in [1.165, 1.54) is 0 Å². The molecule has 6 heteroatoms. The minimum atomic E-state index is 0.0650. The van der Waals surface area contributed by atoms with E-state index in [1.807, 2.05) is 55.3 Å². The Labute approximate surface area is 171 Å². The number of benzene rings is 1. The SMILES string of the molecule is CCN(CC)C(=O)c1ccc(-c2cc(NC3CCNC3)c3cnccc3n2)cc1. The van der Waals surface area contributed by atoms with E-state index in [0.29, 0.717) is 24.7 Å². The van der Waals surface area contributed by atoms with Crippen molar-refractivity contribution >= 4 is 22.5 Å². The Balaban J connectivity index is 1.67. The van der Waals surface area contributed by atoms with Gasteiger partial charge in [-0.25, -0.2) is 4.98 Å². The van der Waals surface area contributed by atoms with Crippen LogP contribution in [0.15, 0.2) is 48.8 Å². The van der Waals surface area contributed by atoms with Crippen molar-refractivity contribution in [2.45, 2.75) is 26.3 Å². The van der Waals surface area contributed by atoms with Gasteiger partial charge in [0.25, 0.3) is 5.91 Å². The van der Waals surface area contributed by atoms with Gasteiger partial charge in [0.1, 0.15) is 0 Å². The highest BCUT2D eigenvalue weighted by Gasteiger charge is 2.17. The second kappa shape index (κ2) is 8.57. The highest BCUT2D eigenvalue weighted by Crippen LogP contribution is 2.29. The Kier molecular flexibility index (Phi) is 5.71. The van der Waals surface area contributed by atoms with Crippen LogP contribution < -0.4 is 10.6 Å². The number of anilines is 1. The van der Waals surface area contributed by atoms with Gasteiger partial charge in [-0.3, -0.25) is 9.78 Å². The van der Waals surface area contributed by atoms with Crippen LogP contribution in [0.5, 0.6) is 0 Å². The summed E-state index contributed by atoms with van der Waals surface area (Å²) in [7, 11) is 0. The van der Waals surface area contributed by atoms with Crippen LogP contribution >= 0.6 is 0 Å². The van der Waals surface area contributed by atoms with E-state index in [4.69, 9.17) is 4.98 Å². The van der Waals surface area contributed by atoms with Crippen molar-refractivity contribution in [1.29, 1.82) is 0 Å². The normalized spacial score (nSPS) is 16.1. The first-order valence-electron chi connectivity index (χ1n) is 10.3. The van der Waals surface area contributed by atoms with Crippen LogP contribution in [0.2, 0.25) is 0 Å². The molecule has 3 aromatic rings. The summed E-state index contributed by atoms with van der Waals surface area (Å²) in [6.45, 7) is 7.41. The zero-order valence-corrected chi connectivity index (χ0v) is 17.0. The van der Waals surface area contributed by atoms with Gasteiger partial charge in [0.2, 0.25) is 0 Å². The molecule has 1 aliphatic rings. The van der Waals surface area contributed by atoms with E-state index in [1.54, 1.807) is 6.20 Å². The third-order valence-electron chi connectivity index (χ3n) is 5.51. The Bertz CT molecular complexity index is 992. The molecule has 0 spiro atoms. The van der Waals surface area contributed by atoms with Crippen molar-refractivity contribution in [2.75, 3.05) is 31.5 Å². The number of carbonyl (C=O) groups excluding carboxylic acids is 1. The predicted octanol–water partition coefficient (Wildman–Crippen LogP) is 3.55. The lowest BCUT2D eigenvalue weighted by Crippen LogP contribution is -2.30. The van der Waals surface area contributed by atoms with E-state index in [-0.39, 0.29) is 5.91 Å². The lowest BCUT2D eigenvalue weighted by atomic mass is 10.1. The Hall–Kier alpha value is -2.99. The molecule has 1 fully saturated rings. The maximum atomic E-state index is 12.6. The first-order valence-corrected chi connectivity index (χ1v) is 10.3. The van der Waals surface area contributed by atoms with Crippen LogP contribution in [0.1, 0.15) is 30.6 Å². The number of hydrogen-bond acceptors (Lipinski definition) is 5. The van der Waals surface area contributed by atoms with Gasteiger partial charge in [-0.1, -0.05) is 12.1 Å². The molecule has 0 bridgehead atoms. The van der Waals surface area contributed by atoms with Crippen molar-refractivity contribution in [2.24, 2.45) is 0 Å². The van der Waals surface area contributed by atoms with E-state index in [9.17, 15) is 4.79 Å². The molecule has 0 radical (unpaired) electrons. The molecule has 1 aliphatic heterocycles. The zero-order chi connectivity index (χ0) is 20.2. The van der Waals surface area contributed by atoms with Gasteiger partial charge in [0, 0.05) is 60.3 Å². The number of nitrogens with zero attached hydrogens (tertiary/aromatic N) is 3. The molecule has 0 aliphatic carbocycles. The largest absolute Gasteiger partial charge is 0.380 e. The van der Waals surface area contributed by atoms with Crippen molar-refractivity contribution in [1.82, 2.24) is 20.2 Å². The minimum absolute atomic E-state index is 0.0650. The number of carbonyl (C=O) groups is 1. The summed E-state index contributed by atoms with van der Waals surface area (Å²) in [6, 6.07) is 12.2. The van der Waals surface area contributed by atoms with Gasteiger partial charge in [0.15, 0.2) is 0 Å². The first-order chi connectivity index (χ1) is 14.2. The van der Waals surface area contributed by atoms with Crippen LogP contribution in [0.4, 0.5) is 5.69 Å². The van der Waals surface area contributed by atoms with Gasteiger partial charge in [-0.2, -0.15) is 0 Å².